The minimum Gasteiger partial charge on any atom is -0.495 e. The van der Waals surface area contributed by atoms with Crippen molar-refractivity contribution in [1.29, 1.82) is 0 Å². The van der Waals surface area contributed by atoms with E-state index in [1.54, 1.807) is 12.1 Å². The molecule has 1 aromatic carbocycles. The minimum absolute atomic E-state index is 0.317. The van der Waals surface area contributed by atoms with Gasteiger partial charge in [0.2, 0.25) is 11.8 Å². The lowest BCUT2D eigenvalue weighted by atomic mass is 9.85. The molecule has 1 saturated heterocycles. The smallest absolute Gasteiger partial charge is 0.326 e. The monoisotopic (exact) mass is 420 g/mol. The number of hydrogen-bond acceptors (Lipinski definition) is 6. The number of amides is 3. The molecule has 1 fully saturated rings. The number of rotatable bonds is 6. The van der Waals surface area contributed by atoms with E-state index in [1.165, 1.54) is 20.1 Å². The van der Waals surface area contributed by atoms with Gasteiger partial charge in [0, 0.05) is 5.69 Å². The van der Waals surface area contributed by atoms with Crippen molar-refractivity contribution in [3.05, 3.63) is 35.4 Å². The van der Waals surface area contributed by atoms with Crippen LogP contribution in [0.3, 0.4) is 0 Å². The number of fused-ring (bicyclic) bond motifs is 1. The average Bonchev–Trinajstić information content (AvgIpc) is 2.93. The molecule has 0 saturated carbocycles. The predicted molar refractivity (Wildman–Crippen MR) is 104 cm³/mol. The molecular weight excluding hydrogens is 400 g/mol. The number of benzene rings is 1. The fraction of sp³-hybridized carbons (Fsp3) is 0.400. The molecule has 1 aliphatic carbocycles. The van der Waals surface area contributed by atoms with Crippen molar-refractivity contribution in [2.45, 2.75) is 25.9 Å². The third-order valence-corrected chi connectivity index (χ3v) is 5.28. The van der Waals surface area contributed by atoms with Crippen LogP contribution in [0, 0.1) is 11.8 Å². The van der Waals surface area contributed by atoms with E-state index in [1.807, 2.05) is 12.2 Å². The molecule has 29 heavy (non-hydrogen) atoms. The summed E-state index contributed by atoms with van der Waals surface area (Å²) in [4.78, 5) is 50.2. The number of imide groups is 1. The third kappa shape index (κ3) is 4.42. The maximum Gasteiger partial charge on any atom is 0.326 e. The third-order valence-electron chi connectivity index (χ3n) is 4.98. The number of nitrogens with one attached hydrogen (secondary N) is 1. The zero-order chi connectivity index (χ0) is 21.1. The van der Waals surface area contributed by atoms with E-state index in [-0.39, 0.29) is 11.8 Å². The lowest BCUT2D eigenvalue weighted by molar-refractivity contribution is -0.158. The predicted octanol–water partition coefficient (Wildman–Crippen LogP) is 2.17. The van der Waals surface area contributed by atoms with Crippen LogP contribution in [0.2, 0.25) is 5.02 Å². The molecule has 0 bridgehead atoms. The lowest BCUT2D eigenvalue weighted by Gasteiger charge is -2.17. The summed E-state index contributed by atoms with van der Waals surface area (Å²) in [7, 11) is 1.47. The van der Waals surface area contributed by atoms with Crippen molar-refractivity contribution in [3.8, 4) is 5.75 Å². The largest absolute Gasteiger partial charge is 0.495 e. The van der Waals surface area contributed by atoms with Gasteiger partial charge in [0.15, 0.2) is 6.10 Å². The number of nitrogens with zero attached hydrogens (tertiary/aromatic N) is 1. The number of likely N-dealkylation sites (tertiary alicyclic amines) is 1. The molecule has 1 N–H and O–H groups in total. The Hall–Kier alpha value is -2.87. The van der Waals surface area contributed by atoms with Crippen LogP contribution in [-0.4, -0.2) is 48.3 Å². The Labute approximate surface area is 172 Å². The molecule has 0 unspecified atom stereocenters. The molecule has 0 radical (unpaired) electrons. The van der Waals surface area contributed by atoms with Crippen LogP contribution < -0.4 is 10.1 Å². The van der Waals surface area contributed by atoms with Gasteiger partial charge in [0.1, 0.15) is 12.3 Å². The Morgan fingerprint density at radius 2 is 1.83 bits per heavy atom. The van der Waals surface area contributed by atoms with Gasteiger partial charge in [-0.05, 0) is 38.0 Å². The van der Waals surface area contributed by atoms with Gasteiger partial charge in [0.05, 0.1) is 24.0 Å². The zero-order valence-corrected chi connectivity index (χ0v) is 16.8. The SMILES string of the molecule is COc1ccc(NC(=O)[C@H](C)OC(=O)CN2C(=O)[C@H]3CC=CC[C@H]3C2=O)cc1Cl. The molecule has 154 valence electrons. The van der Waals surface area contributed by atoms with E-state index < -0.39 is 36.4 Å². The first kappa shape index (κ1) is 20.9. The average molecular weight is 421 g/mol. The summed E-state index contributed by atoms with van der Waals surface area (Å²) in [5.41, 5.74) is 0.408. The summed E-state index contributed by atoms with van der Waals surface area (Å²) in [6, 6.07) is 4.69. The fourth-order valence-electron chi connectivity index (χ4n) is 3.43. The molecule has 1 aliphatic heterocycles. The highest BCUT2D eigenvalue weighted by molar-refractivity contribution is 6.32. The van der Waals surface area contributed by atoms with Gasteiger partial charge in [-0.1, -0.05) is 23.8 Å². The van der Waals surface area contributed by atoms with E-state index in [0.717, 1.165) is 4.90 Å². The number of allylic oxidation sites excluding steroid dienone is 2. The highest BCUT2D eigenvalue weighted by Gasteiger charge is 2.47. The van der Waals surface area contributed by atoms with E-state index in [9.17, 15) is 19.2 Å². The second kappa shape index (κ2) is 8.65. The zero-order valence-electron chi connectivity index (χ0n) is 16.0. The van der Waals surface area contributed by atoms with E-state index in [4.69, 9.17) is 21.1 Å². The van der Waals surface area contributed by atoms with Gasteiger partial charge in [-0.15, -0.1) is 0 Å². The van der Waals surface area contributed by atoms with Crippen molar-refractivity contribution >= 4 is 41.0 Å². The molecule has 8 nitrogen and oxygen atoms in total. The van der Waals surface area contributed by atoms with Gasteiger partial charge in [0.25, 0.3) is 5.91 Å². The number of carbonyl (C=O) groups excluding carboxylic acids is 4. The van der Waals surface area contributed by atoms with Crippen LogP contribution in [0.25, 0.3) is 0 Å². The highest BCUT2D eigenvalue weighted by atomic mass is 35.5. The van der Waals surface area contributed by atoms with Gasteiger partial charge in [-0.2, -0.15) is 0 Å². The molecular formula is C20H21ClN2O6. The van der Waals surface area contributed by atoms with Gasteiger partial charge < -0.3 is 14.8 Å². The van der Waals surface area contributed by atoms with E-state index >= 15 is 0 Å². The maximum absolute atomic E-state index is 12.4. The quantitative estimate of drug-likeness (QED) is 0.430. The highest BCUT2D eigenvalue weighted by Crippen LogP contribution is 2.35. The maximum atomic E-state index is 12.4. The Morgan fingerprint density at radius 3 is 2.38 bits per heavy atom. The molecule has 0 aromatic heterocycles. The van der Waals surface area contributed by atoms with E-state index in [0.29, 0.717) is 29.3 Å². The molecule has 3 amide bonds. The van der Waals surface area contributed by atoms with Gasteiger partial charge >= 0.3 is 5.97 Å². The number of esters is 1. The Morgan fingerprint density at radius 1 is 1.21 bits per heavy atom. The second-order valence-electron chi connectivity index (χ2n) is 6.89. The van der Waals surface area contributed by atoms with Crippen LogP contribution in [0.4, 0.5) is 5.69 Å². The van der Waals surface area contributed by atoms with Crippen molar-refractivity contribution in [2.24, 2.45) is 11.8 Å². The standard InChI is InChI=1S/C20H21ClN2O6/c1-11(18(25)22-12-7-8-16(28-2)15(21)9-12)29-17(24)10-23-19(26)13-5-3-4-6-14(13)20(23)27/h3-4,7-9,11,13-14H,5-6,10H2,1-2H3,(H,22,25)/t11-,13-,14+/m0/s1. The summed E-state index contributed by atoms with van der Waals surface area (Å²) in [5.74, 6) is -2.51. The Bertz CT molecular complexity index is 858. The number of methoxy groups -OCH3 is 1. The molecule has 3 atom stereocenters. The topological polar surface area (TPSA) is 102 Å². The number of carbonyl (C=O) groups is 4. The first-order chi connectivity index (χ1) is 13.8. The molecule has 1 heterocycles. The van der Waals surface area contributed by atoms with Crippen LogP contribution >= 0.6 is 11.6 Å². The number of hydrogen-bond donors (Lipinski definition) is 1. The number of anilines is 1. The summed E-state index contributed by atoms with van der Waals surface area (Å²) in [6.45, 7) is 0.895. The van der Waals surface area contributed by atoms with E-state index in [2.05, 4.69) is 5.32 Å². The number of halogens is 1. The lowest BCUT2D eigenvalue weighted by Crippen LogP contribution is -2.39. The Balaban J connectivity index is 1.55. The summed E-state index contributed by atoms with van der Waals surface area (Å²) < 4.78 is 10.1. The van der Waals surface area contributed by atoms with Crippen LogP contribution in [0.15, 0.2) is 30.4 Å². The molecule has 0 spiro atoms. The van der Waals surface area contributed by atoms with Crippen molar-refractivity contribution < 1.29 is 28.7 Å². The van der Waals surface area contributed by atoms with Crippen LogP contribution in [-0.2, 0) is 23.9 Å². The van der Waals surface area contributed by atoms with Crippen molar-refractivity contribution in [3.63, 3.8) is 0 Å². The fourth-order valence-corrected chi connectivity index (χ4v) is 3.69. The number of ether oxygens (including phenoxy) is 2. The van der Waals surface area contributed by atoms with Crippen molar-refractivity contribution in [1.82, 2.24) is 4.90 Å². The molecule has 2 aliphatic rings. The normalized spacial score (nSPS) is 21.6. The van der Waals surface area contributed by atoms with Gasteiger partial charge in [-0.3, -0.25) is 24.1 Å². The first-order valence-electron chi connectivity index (χ1n) is 9.16. The van der Waals surface area contributed by atoms with Crippen LogP contribution in [0.1, 0.15) is 19.8 Å². The van der Waals surface area contributed by atoms with Crippen LogP contribution in [0.5, 0.6) is 5.75 Å². The molecule has 9 heteroatoms. The Kier molecular flexibility index (Phi) is 6.22. The molecule has 1 aromatic rings. The second-order valence-corrected chi connectivity index (χ2v) is 7.30. The molecule has 3 rings (SSSR count). The first-order valence-corrected chi connectivity index (χ1v) is 9.53. The summed E-state index contributed by atoms with van der Waals surface area (Å²) in [5, 5.41) is 2.90. The summed E-state index contributed by atoms with van der Waals surface area (Å²) in [6.07, 6.45) is 3.59. The van der Waals surface area contributed by atoms with Crippen molar-refractivity contribution in [2.75, 3.05) is 19.0 Å². The van der Waals surface area contributed by atoms with Gasteiger partial charge in [-0.25, -0.2) is 0 Å². The minimum atomic E-state index is -1.12. The summed E-state index contributed by atoms with van der Waals surface area (Å²) >= 11 is 6.02.